The third-order valence-electron chi connectivity index (χ3n) is 2.85. The van der Waals surface area contributed by atoms with Gasteiger partial charge >= 0.3 is 0 Å². The molecule has 0 saturated heterocycles. The predicted molar refractivity (Wildman–Crippen MR) is 75.5 cm³/mol. The average molecular weight is 262 g/mol. The zero-order valence-electron chi connectivity index (χ0n) is 10.2. The molecule has 94 valence electrons. The largest absolute Gasteiger partial charge is 0.383 e. The first-order valence-corrected chi connectivity index (χ1v) is 6.16. The zero-order valence-corrected chi connectivity index (χ0v) is 11.0. The lowest BCUT2D eigenvalue weighted by molar-refractivity contribution is 0.720. The number of nitrogens with zero attached hydrogens (tertiary/aromatic N) is 1. The molecule has 1 aromatic heterocycles. The normalized spacial score (nSPS) is 12.4. The fraction of sp³-hybridized carbons (Fsp3) is 0.214. The van der Waals surface area contributed by atoms with Crippen molar-refractivity contribution in [3.63, 3.8) is 0 Å². The number of nitrogens with two attached hydrogens (primary N) is 2. The summed E-state index contributed by atoms with van der Waals surface area (Å²) in [6.45, 7) is 1.98. The van der Waals surface area contributed by atoms with E-state index in [1.807, 2.05) is 37.3 Å². The van der Waals surface area contributed by atoms with Gasteiger partial charge < -0.3 is 11.5 Å². The molecule has 0 aliphatic rings. The molecule has 2 aromatic rings. The molecule has 3 nitrogen and oxygen atoms in total. The number of hydrogen-bond acceptors (Lipinski definition) is 3. The fourth-order valence-corrected chi connectivity index (χ4v) is 2.01. The summed E-state index contributed by atoms with van der Waals surface area (Å²) in [5.74, 6) is 0.502. The van der Waals surface area contributed by atoms with E-state index in [-0.39, 0.29) is 6.04 Å². The summed E-state index contributed by atoms with van der Waals surface area (Å²) < 4.78 is 0. The van der Waals surface area contributed by atoms with E-state index in [0.717, 1.165) is 21.7 Å². The molecule has 0 bridgehead atoms. The predicted octanol–water partition coefficient (Wildman–Crippen LogP) is 2.87. The third kappa shape index (κ3) is 3.00. The molecule has 0 saturated carbocycles. The summed E-state index contributed by atoms with van der Waals surface area (Å²) in [4.78, 5) is 4.13. The molecule has 1 aromatic carbocycles. The monoisotopic (exact) mass is 261 g/mol. The molecular weight excluding hydrogens is 246 g/mol. The van der Waals surface area contributed by atoms with Gasteiger partial charge in [-0.05, 0) is 42.7 Å². The molecule has 18 heavy (non-hydrogen) atoms. The Kier molecular flexibility index (Phi) is 3.84. The van der Waals surface area contributed by atoms with Crippen molar-refractivity contribution in [2.24, 2.45) is 5.73 Å². The van der Waals surface area contributed by atoms with Crippen molar-refractivity contribution in [3.05, 3.63) is 58.2 Å². The molecular formula is C14H16ClN3. The van der Waals surface area contributed by atoms with Crippen molar-refractivity contribution in [2.75, 3.05) is 5.73 Å². The van der Waals surface area contributed by atoms with Gasteiger partial charge in [0.1, 0.15) is 5.82 Å². The Bertz CT molecular complexity index is 537. The number of halogens is 1. The number of aromatic nitrogens is 1. The Balaban J connectivity index is 2.18. The van der Waals surface area contributed by atoms with Gasteiger partial charge in [-0.15, -0.1) is 0 Å². The van der Waals surface area contributed by atoms with Crippen LogP contribution in [-0.2, 0) is 6.42 Å². The Morgan fingerprint density at radius 1 is 1.28 bits per heavy atom. The molecule has 2 rings (SSSR count). The van der Waals surface area contributed by atoms with E-state index in [9.17, 15) is 0 Å². The van der Waals surface area contributed by atoms with Gasteiger partial charge in [-0.2, -0.15) is 0 Å². The van der Waals surface area contributed by atoms with Crippen LogP contribution in [0.4, 0.5) is 5.82 Å². The van der Waals surface area contributed by atoms with E-state index in [1.165, 1.54) is 0 Å². The number of nitrogen functional groups attached to an aromatic ring is 1. The second-order valence-corrected chi connectivity index (χ2v) is 4.86. The first-order chi connectivity index (χ1) is 8.56. The fourth-order valence-electron chi connectivity index (χ4n) is 1.88. The summed E-state index contributed by atoms with van der Waals surface area (Å²) >= 11 is 5.85. The highest BCUT2D eigenvalue weighted by Crippen LogP contribution is 2.22. The van der Waals surface area contributed by atoms with Gasteiger partial charge in [0.25, 0.3) is 0 Å². The molecule has 4 N–H and O–H groups in total. The van der Waals surface area contributed by atoms with Crippen molar-refractivity contribution in [1.82, 2.24) is 4.98 Å². The topological polar surface area (TPSA) is 64.9 Å². The summed E-state index contributed by atoms with van der Waals surface area (Å²) in [6.07, 6.45) is 2.46. The lowest BCUT2D eigenvalue weighted by atomic mass is 9.99. The van der Waals surface area contributed by atoms with E-state index in [2.05, 4.69) is 4.98 Å². The molecule has 1 heterocycles. The van der Waals surface area contributed by atoms with Gasteiger partial charge in [0.05, 0.1) is 0 Å². The Labute approximate surface area is 112 Å². The molecule has 0 amide bonds. The van der Waals surface area contributed by atoms with Crippen LogP contribution in [0.5, 0.6) is 0 Å². The van der Waals surface area contributed by atoms with Crippen LogP contribution in [0.3, 0.4) is 0 Å². The highest BCUT2D eigenvalue weighted by atomic mass is 35.5. The zero-order chi connectivity index (χ0) is 13.1. The van der Waals surface area contributed by atoms with Gasteiger partial charge in [0.15, 0.2) is 0 Å². The lowest BCUT2D eigenvalue weighted by Gasteiger charge is -2.14. The Hall–Kier alpha value is -1.58. The summed E-state index contributed by atoms with van der Waals surface area (Å²) in [6, 6.07) is 9.51. The molecule has 1 atom stereocenters. The number of rotatable bonds is 3. The SMILES string of the molecule is Cc1cnc(N)c(C(N)Cc2ccc(Cl)cc2)c1. The van der Waals surface area contributed by atoms with Gasteiger partial charge in [-0.1, -0.05) is 23.7 Å². The quantitative estimate of drug-likeness (QED) is 0.893. The van der Waals surface area contributed by atoms with Crippen LogP contribution in [0, 0.1) is 6.92 Å². The Morgan fingerprint density at radius 2 is 1.94 bits per heavy atom. The number of hydrogen-bond donors (Lipinski definition) is 2. The summed E-state index contributed by atoms with van der Waals surface area (Å²) in [5, 5.41) is 0.726. The van der Waals surface area contributed by atoms with Crippen LogP contribution >= 0.6 is 11.6 Å². The molecule has 4 heteroatoms. The highest BCUT2D eigenvalue weighted by Gasteiger charge is 2.11. The maximum absolute atomic E-state index is 6.18. The minimum Gasteiger partial charge on any atom is -0.383 e. The molecule has 0 aliphatic carbocycles. The molecule has 0 fully saturated rings. The maximum atomic E-state index is 6.18. The van der Waals surface area contributed by atoms with Crippen LogP contribution < -0.4 is 11.5 Å². The van der Waals surface area contributed by atoms with Gasteiger partial charge in [-0.3, -0.25) is 0 Å². The second kappa shape index (κ2) is 5.38. The average Bonchev–Trinajstić information content (AvgIpc) is 2.35. The standard InChI is InChI=1S/C14H16ClN3/c1-9-6-12(14(17)18-8-9)13(16)7-10-2-4-11(15)5-3-10/h2-6,8,13H,7,16H2,1H3,(H2,17,18). The Morgan fingerprint density at radius 3 is 2.61 bits per heavy atom. The first-order valence-electron chi connectivity index (χ1n) is 5.78. The third-order valence-corrected chi connectivity index (χ3v) is 3.11. The number of anilines is 1. The smallest absolute Gasteiger partial charge is 0.128 e. The minimum absolute atomic E-state index is 0.154. The van der Waals surface area contributed by atoms with Crippen LogP contribution in [0.1, 0.15) is 22.7 Å². The second-order valence-electron chi connectivity index (χ2n) is 4.42. The van der Waals surface area contributed by atoms with Crippen molar-refractivity contribution in [1.29, 1.82) is 0 Å². The van der Waals surface area contributed by atoms with Gasteiger partial charge in [0.2, 0.25) is 0 Å². The first kappa shape index (κ1) is 12.9. The van der Waals surface area contributed by atoms with Crippen LogP contribution in [0.25, 0.3) is 0 Å². The van der Waals surface area contributed by atoms with E-state index >= 15 is 0 Å². The van der Waals surface area contributed by atoms with Crippen molar-refractivity contribution >= 4 is 17.4 Å². The lowest BCUT2D eigenvalue weighted by Crippen LogP contribution is -2.16. The van der Waals surface area contributed by atoms with E-state index in [1.54, 1.807) is 6.20 Å². The molecule has 0 radical (unpaired) electrons. The van der Waals surface area contributed by atoms with Crippen LogP contribution in [0.15, 0.2) is 36.5 Å². The highest BCUT2D eigenvalue weighted by molar-refractivity contribution is 6.30. The van der Waals surface area contributed by atoms with Crippen LogP contribution in [-0.4, -0.2) is 4.98 Å². The van der Waals surface area contributed by atoms with Crippen molar-refractivity contribution < 1.29 is 0 Å². The number of benzene rings is 1. The van der Waals surface area contributed by atoms with E-state index in [4.69, 9.17) is 23.1 Å². The van der Waals surface area contributed by atoms with Gasteiger partial charge in [0, 0.05) is 22.8 Å². The molecule has 0 aliphatic heterocycles. The molecule has 1 unspecified atom stereocenters. The number of pyridine rings is 1. The summed E-state index contributed by atoms with van der Waals surface area (Å²) in [5.41, 5.74) is 15.1. The van der Waals surface area contributed by atoms with Crippen molar-refractivity contribution in [2.45, 2.75) is 19.4 Å². The van der Waals surface area contributed by atoms with Crippen LogP contribution in [0.2, 0.25) is 5.02 Å². The maximum Gasteiger partial charge on any atom is 0.128 e. The van der Waals surface area contributed by atoms with E-state index < -0.39 is 0 Å². The number of aryl methyl sites for hydroxylation is 1. The van der Waals surface area contributed by atoms with E-state index in [0.29, 0.717) is 12.2 Å². The van der Waals surface area contributed by atoms with Crippen molar-refractivity contribution in [3.8, 4) is 0 Å². The summed E-state index contributed by atoms with van der Waals surface area (Å²) in [7, 11) is 0. The minimum atomic E-state index is -0.154. The molecule has 0 spiro atoms. The van der Waals surface area contributed by atoms with Gasteiger partial charge in [-0.25, -0.2) is 4.98 Å².